The van der Waals surface area contributed by atoms with E-state index < -0.39 is 17.3 Å². The number of hydrogen-bond donors (Lipinski definition) is 3. The van der Waals surface area contributed by atoms with Crippen LogP contribution in [0, 0.1) is 0 Å². The van der Waals surface area contributed by atoms with Gasteiger partial charge in [0.05, 0.1) is 0 Å². The van der Waals surface area contributed by atoms with E-state index in [1.165, 1.54) is 0 Å². The van der Waals surface area contributed by atoms with E-state index in [9.17, 15) is 22.8 Å². The van der Waals surface area contributed by atoms with E-state index in [4.69, 9.17) is 0 Å². The van der Waals surface area contributed by atoms with Crippen molar-refractivity contribution in [2.24, 2.45) is 5.73 Å². The third-order valence-corrected chi connectivity index (χ3v) is 1.17. The summed E-state index contributed by atoms with van der Waals surface area (Å²) in [5.74, 6) is 0. The van der Waals surface area contributed by atoms with Crippen LogP contribution in [-0.2, 0) is 4.79 Å². The maximum absolute atomic E-state index is 11.4. The van der Waals surface area contributed by atoms with Crippen LogP contribution >= 0.6 is 11.9 Å². The molecule has 5 nitrogen and oxygen atoms in total. The first-order chi connectivity index (χ1) is 5.34. The highest BCUT2D eigenvalue weighted by atomic mass is 32.2. The molecule has 0 atom stereocenters. The summed E-state index contributed by atoms with van der Waals surface area (Å²) >= 11 is -0.314. The third kappa shape index (κ3) is 4.79. The molecule has 0 radical (unpaired) electrons. The number of hydrazine groups is 1. The molecule has 12 heavy (non-hydrogen) atoms. The summed E-state index contributed by atoms with van der Waals surface area (Å²) in [5.41, 5.74) is 6.05. The van der Waals surface area contributed by atoms with Gasteiger partial charge in [-0.1, -0.05) is 0 Å². The molecule has 0 unspecified atom stereocenters. The van der Waals surface area contributed by atoms with Crippen LogP contribution in [-0.4, -0.2) is 17.3 Å². The summed E-state index contributed by atoms with van der Waals surface area (Å²) in [5, 5.41) is -2.07. The van der Waals surface area contributed by atoms with Crippen molar-refractivity contribution in [3.63, 3.8) is 0 Å². The van der Waals surface area contributed by atoms with E-state index in [0.717, 1.165) is 0 Å². The van der Waals surface area contributed by atoms with Crippen molar-refractivity contribution in [1.29, 1.82) is 0 Å². The second kappa shape index (κ2) is 4.16. The second-order valence-corrected chi connectivity index (χ2v) is 2.26. The van der Waals surface area contributed by atoms with Gasteiger partial charge in [-0.25, -0.2) is 4.79 Å². The van der Waals surface area contributed by atoms with Gasteiger partial charge in [-0.15, -0.1) is 0 Å². The van der Waals surface area contributed by atoms with Crippen LogP contribution in [0.2, 0.25) is 0 Å². The van der Waals surface area contributed by atoms with Crippen LogP contribution in [0.15, 0.2) is 0 Å². The van der Waals surface area contributed by atoms with Gasteiger partial charge < -0.3 is 5.73 Å². The normalized spacial score (nSPS) is 10.9. The fraction of sp³-hybridized carbons (Fsp3) is 0.333. The summed E-state index contributed by atoms with van der Waals surface area (Å²) in [4.78, 5) is 21.5. The van der Waals surface area contributed by atoms with E-state index in [1.54, 1.807) is 10.3 Å². The lowest BCUT2D eigenvalue weighted by Gasteiger charge is -2.04. The molecule has 0 rings (SSSR count). The van der Waals surface area contributed by atoms with Crippen molar-refractivity contribution < 1.29 is 22.8 Å². The highest BCUT2D eigenvalue weighted by molar-refractivity contribution is 8.12. The number of amides is 2. The lowest BCUT2D eigenvalue weighted by molar-refractivity contribution is -0.160. The first-order valence-electron chi connectivity index (χ1n) is 2.42. The predicted octanol–water partition coefficient (Wildman–Crippen LogP) is -0.104. The maximum atomic E-state index is 11.4. The molecule has 0 heterocycles. The molecule has 0 aliphatic rings. The number of halogens is 3. The molecule has 0 aromatic heterocycles. The van der Waals surface area contributed by atoms with Crippen molar-refractivity contribution >= 4 is 23.1 Å². The van der Waals surface area contributed by atoms with Gasteiger partial charge in [0.25, 0.3) is 0 Å². The molecule has 0 aliphatic carbocycles. The molecule has 0 aliphatic heterocycles. The minimum Gasteiger partial charge on any atom is -0.351 e. The molecule has 2 amide bonds. The number of rotatable bonds is 2. The minimum absolute atomic E-state index is 0.314. The Morgan fingerprint density at radius 1 is 1.33 bits per heavy atom. The van der Waals surface area contributed by atoms with Crippen molar-refractivity contribution in [2.75, 3.05) is 0 Å². The first kappa shape index (κ1) is 11.0. The number of hydrogen-bond acceptors (Lipinski definition) is 4. The zero-order chi connectivity index (χ0) is 9.78. The quantitative estimate of drug-likeness (QED) is 0.432. The van der Waals surface area contributed by atoms with Crippen LogP contribution in [0.25, 0.3) is 0 Å². The SMILES string of the molecule is NC(=O)NNSC(=O)C(F)(F)F. The van der Waals surface area contributed by atoms with Gasteiger partial charge in [-0.05, 0) is 0 Å². The minimum atomic E-state index is -4.93. The molecular formula is C3H4F3N3O2S. The van der Waals surface area contributed by atoms with Gasteiger partial charge in [-0.3, -0.25) is 10.2 Å². The molecule has 0 fully saturated rings. The molecule has 4 N–H and O–H groups in total. The summed E-state index contributed by atoms with van der Waals surface area (Å²) in [6.45, 7) is 0. The van der Waals surface area contributed by atoms with Crippen molar-refractivity contribution in [3.05, 3.63) is 0 Å². The van der Waals surface area contributed by atoms with Crippen LogP contribution < -0.4 is 16.0 Å². The molecule has 0 spiro atoms. The largest absolute Gasteiger partial charge is 0.462 e. The average molecular weight is 203 g/mol. The first-order valence-corrected chi connectivity index (χ1v) is 3.24. The Balaban J connectivity index is 3.66. The highest BCUT2D eigenvalue weighted by Crippen LogP contribution is 2.20. The number of nitrogens with two attached hydrogens (primary N) is 1. The summed E-state index contributed by atoms with van der Waals surface area (Å²) in [7, 11) is 0. The van der Waals surface area contributed by atoms with Crippen LogP contribution in [0.5, 0.6) is 0 Å². The molecule has 70 valence electrons. The Labute approximate surface area is 69.0 Å². The van der Waals surface area contributed by atoms with E-state index in [2.05, 4.69) is 5.73 Å². The predicted molar refractivity (Wildman–Crippen MR) is 34.5 cm³/mol. The Hall–Kier alpha value is -0.960. The lowest BCUT2D eigenvalue weighted by atomic mass is 10.8. The summed E-state index contributed by atoms with van der Waals surface area (Å²) < 4.78 is 34.3. The zero-order valence-electron chi connectivity index (χ0n) is 5.44. The van der Waals surface area contributed by atoms with Crippen molar-refractivity contribution in [1.82, 2.24) is 10.3 Å². The third-order valence-electron chi connectivity index (χ3n) is 0.549. The molecule has 0 aromatic carbocycles. The average Bonchev–Trinajstić information content (AvgIpc) is 1.84. The lowest BCUT2D eigenvalue weighted by Crippen LogP contribution is -2.39. The number of alkyl halides is 3. The van der Waals surface area contributed by atoms with E-state index >= 15 is 0 Å². The number of carbonyl (C=O) groups is 2. The van der Waals surface area contributed by atoms with Crippen LogP contribution in [0.3, 0.4) is 0 Å². The van der Waals surface area contributed by atoms with Crippen molar-refractivity contribution in [2.45, 2.75) is 6.18 Å². The van der Waals surface area contributed by atoms with E-state index in [1.807, 2.05) is 0 Å². The van der Waals surface area contributed by atoms with Gasteiger partial charge in [0.15, 0.2) is 0 Å². The molecule has 0 saturated carbocycles. The monoisotopic (exact) mass is 203 g/mol. The van der Waals surface area contributed by atoms with Gasteiger partial charge >= 0.3 is 17.3 Å². The Morgan fingerprint density at radius 3 is 2.17 bits per heavy atom. The molecule has 0 aromatic rings. The Morgan fingerprint density at radius 2 is 1.83 bits per heavy atom. The second-order valence-electron chi connectivity index (χ2n) is 1.48. The van der Waals surface area contributed by atoms with Gasteiger partial charge in [0.2, 0.25) is 0 Å². The van der Waals surface area contributed by atoms with Crippen LogP contribution in [0.4, 0.5) is 18.0 Å². The van der Waals surface area contributed by atoms with Gasteiger partial charge in [0, 0.05) is 11.9 Å². The molecular weight excluding hydrogens is 199 g/mol. The number of urea groups is 1. The molecule has 9 heteroatoms. The smallest absolute Gasteiger partial charge is 0.351 e. The number of primary amides is 1. The zero-order valence-corrected chi connectivity index (χ0v) is 6.25. The topological polar surface area (TPSA) is 84.2 Å². The fourth-order valence-electron chi connectivity index (χ4n) is 0.180. The highest BCUT2D eigenvalue weighted by Gasteiger charge is 2.39. The Kier molecular flexibility index (Phi) is 3.83. The van der Waals surface area contributed by atoms with Crippen LogP contribution in [0.1, 0.15) is 0 Å². The van der Waals surface area contributed by atoms with Crippen molar-refractivity contribution in [3.8, 4) is 0 Å². The summed E-state index contributed by atoms with van der Waals surface area (Å²) in [6.07, 6.45) is -4.93. The Bertz CT molecular complexity index is 194. The van der Waals surface area contributed by atoms with E-state index in [-0.39, 0.29) is 11.9 Å². The maximum Gasteiger partial charge on any atom is 0.462 e. The number of nitrogens with one attached hydrogen (secondary N) is 2. The van der Waals surface area contributed by atoms with E-state index in [0.29, 0.717) is 0 Å². The fourth-order valence-corrected chi connectivity index (χ4v) is 0.540. The standard InChI is InChI=1S/C3H4F3N3O2S/c4-3(5,6)1(10)12-9-8-2(7)11/h9H,(H3,7,8,11). The van der Waals surface area contributed by atoms with Gasteiger partial charge in [0.1, 0.15) is 0 Å². The molecule has 0 bridgehead atoms. The summed E-state index contributed by atoms with van der Waals surface area (Å²) in [6, 6.07) is -1.09. The molecule has 0 saturated heterocycles. The van der Waals surface area contributed by atoms with Gasteiger partial charge in [-0.2, -0.15) is 18.0 Å². The number of carbonyl (C=O) groups excluding carboxylic acids is 2.